The molecule has 1 aliphatic carbocycles. The van der Waals surface area contributed by atoms with E-state index in [1.54, 1.807) is 0 Å². The third kappa shape index (κ3) is 2.80. The molecule has 0 saturated carbocycles. The van der Waals surface area contributed by atoms with Crippen molar-refractivity contribution < 1.29 is 9.53 Å². The molecule has 1 aliphatic heterocycles. The average Bonchev–Trinajstić information content (AvgIpc) is 2.72. The lowest BCUT2D eigenvalue weighted by molar-refractivity contribution is -0.147. The third-order valence-corrected chi connectivity index (χ3v) is 4.58. The number of esters is 1. The van der Waals surface area contributed by atoms with Crippen LogP contribution in [0.5, 0.6) is 0 Å². The van der Waals surface area contributed by atoms with Gasteiger partial charge in [0.1, 0.15) is 5.60 Å². The van der Waals surface area contributed by atoms with E-state index in [-0.39, 0.29) is 11.4 Å². The van der Waals surface area contributed by atoms with Crippen molar-refractivity contribution in [1.82, 2.24) is 5.32 Å². The molecule has 118 valence electrons. The van der Waals surface area contributed by atoms with Crippen LogP contribution in [0.1, 0.15) is 44.7 Å². The summed E-state index contributed by atoms with van der Waals surface area (Å²) in [6.07, 6.45) is 4.07. The van der Waals surface area contributed by atoms with Gasteiger partial charge >= 0.3 is 5.97 Å². The number of ether oxygens (including phenoxy) is 1. The first-order valence-corrected chi connectivity index (χ1v) is 8.16. The minimum atomic E-state index is -0.492. The van der Waals surface area contributed by atoms with Crippen LogP contribution in [0.15, 0.2) is 24.3 Å². The predicted octanol–water partition coefficient (Wildman–Crippen LogP) is 3.70. The number of fused-ring (bicyclic) bond motifs is 2. The van der Waals surface area contributed by atoms with Gasteiger partial charge in [0.15, 0.2) is 0 Å². The number of piperidine rings is 1. The normalized spacial score (nSPS) is 19.7. The van der Waals surface area contributed by atoms with Gasteiger partial charge in [-0.2, -0.15) is 0 Å². The minimum Gasteiger partial charge on any atom is -0.456 e. The fraction of sp³-hybridized carbons (Fsp3) is 0.500. The van der Waals surface area contributed by atoms with Crippen molar-refractivity contribution in [2.45, 2.75) is 44.6 Å². The van der Waals surface area contributed by atoms with Crippen LogP contribution in [0.3, 0.4) is 0 Å². The van der Waals surface area contributed by atoms with Gasteiger partial charge in [-0.3, -0.25) is 0 Å². The summed E-state index contributed by atoms with van der Waals surface area (Å²) < 4.78 is 5.59. The van der Waals surface area contributed by atoms with Crippen molar-refractivity contribution in [3.05, 3.63) is 40.4 Å². The monoisotopic (exact) mass is 319 g/mol. The highest BCUT2D eigenvalue weighted by Gasteiger charge is 2.41. The van der Waals surface area contributed by atoms with E-state index >= 15 is 0 Å². The summed E-state index contributed by atoms with van der Waals surface area (Å²) >= 11 is 6.20. The molecule has 4 heteroatoms. The molecule has 0 unspecified atom stereocenters. The summed E-state index contributed by atoms with van der Waals surface area (Å²) in [5.41, 5.74) is 2.25. The zero-order chi connectivity index (χ0) is 16.0. The molecule has 1 spiro atoms. The van der Waals surface area contributed by atoms with Gasteiger partial charge in [-0.15, -0.1) is 0 Å². The van der Waals surface area contributed by atoms with Gasteiger partial charge in [0.2, 0.25) is 0 Å². The lowest BCUT2D eigenvalue weighted by Crippen LogP contribution is -2.37. The van der Waals surface area contributed by atoms with Gasteiger partial charge in [0.25, 0.3) is 0 Å². The van der Waals surface area contributed by atoms with Crippen LogP contribution in [0.2, 0.25) is 5.02 Å². The molecular formula is C18H22ClNO2. The van der Waals surface area contributed by atoms with Crippen molar-refractivity contribution in [1.29, 1.82) is 0 Å². The van der Waals surface area contributed by atoms with E-state index in [1.165, 1.54) is 5.56 Å². The van der Waals surface area contributed by atoms with Crippen LogP contribution >= 0.6 is 11.6 Å². The van der Waals surface area contributed by atoms with E-state index < -0.39 is 5.60 Å². The summed E-state index contributed by atoms with van der Waals surface area (Å²) in [6, 6.07) is 5.80. The fourth-order valence-electron chi connectivity index (χ4n) is 3.38. The van der Waals surface area contributed by atoms with Crippen molar-refractivity contribution in [2.75, 3.05) is 13.1 Å². The smallest absolute Gasteiger partial charge is 0.338 e. The van der Waals surface area contributed by atoms with Crippen LogP contribution < -0.4 is 5.32 Å². The second kappa shape index (κ2) is 5.39. The van der Waals surface area contributed by atoms with Gasteiger partial charge in [-0.05, 0) is 70.0 Å². The molecule has 1 aromatic carbocycles. The van der Waals surface area contributed by atoms with Gasteiger partial charge in [0.05, 0.1) is 5.57 Å². The molecule has 1 heterocycles. The Bertz CT molecular complexity index is 637. The summed E-state index contributed by atoms with van der Waals surface area (Å²) in [6.45, 7) is 7.57. The number of halogens is 1. The Morgan fingerprint density at radius 1 is 1.27 bits per heavy atom. The fourth-order valence-corrected chi connectivity index (χ4v) is 3.56. The zero-order valence-corrected chi connectivity index (χ0v) is 14.1. The van der Waals surface area contributed by atoms with E-state index in [0.717, 1.165) is 36.5 Å². The third-order valence-electron chi connectivity index (χ3n) is 4.34. The number of hydrogen-bond acceptors (Lipinski definition) is 3. The molecule has 1 fully saturated rings. The molecule has 0 amide bonds. The maximum atomic E-state index is 12.6. The molecule has 3 rings (SSSR count). The average molecular weight is 320 g/mol. The number of nitrogens with one attached hydrogen (secondary N) is 1. The van der Waals surface area contributed by atoms with Crippen LogP contribution in [-0.4, -0.2) is 24.7 Å². The van der Waals surface area contributed by atoms with Gasteiger partial charge in [-0.25, -0.2) is 4.79 Å². The highest BCUT2D eigenvalue weighted by Crippen LogP contribution is 2.47. The Kier molecular flexibility index (Phi) is 3.82. The number of carbonyl (C=O) groups excluding carboxylic acids is 1. The highest BCUT2D eigenvalue weighted by molar-refractivity contribution is 6.31. The number of carbonyl (C=O) groups is 1. The van der Waals surface area contributed by atoms with Gasteiger partial charge < -0.3 is 10.1 Å². The Labute approximate surface area is 136 Å². The van der Waals surface area contributed by atoms with E-state index in [1.807, 2.05) is 39.0 Å². The Morgan fingerprint density at radius 3 is 2.59 bits per heavy atom. The molecule has 0 aromatic heterocycles. The Balaban J connectivity index is 2.04. The quantitative estimate of drug-likeness (QED) is 0.802. The Hall–Kier alpha value is -1.32. The molecule has 3 nitrogen and oxygen atoms in total. The summed E-state index contributed by atoms with van der Waals surface area (Å²) in [5, 5.41) is 4.10. The van der Waals surface area contributed by atoms with Crippen LogP contribution in [0.4, 0.5) is 0 Å². The summed E-state index contributed by atoms with van der Waals surface area (Å²) in [5.74, 6) is -0.244. The SMILES string of the molecule is CC(C)(C)OC(=O)C1=CC2(CCNCC2)c2cc(Cl)ccc21. The number of allylic oxidation sites excluding steroid dienone is 1. The lowest BCUT2D eigenvalue weighted by Gasteiger charge is -2.33. The molecule has 0 atom stereocenters. The molecule has 0 radical (unpaired) electrons. The predicted molar refractivity (Wildman–Crippen MR) is 89.1 cm³/mol. The molecule has 2 aliphatic rings. The summed E-state index contributed by atoms with van der Waals surface area (Å²) in [4.78, 5) is 12.6. The van der Waals surface area contributed by atoms with E-state index in [9.17, 15) is 4.79 Å². The van der Waals surface area contributed by atoms with E-state index in [0.29, 0.717) is 5.57 Å². The standard InChI is InChI=1S/C18H22ClNO2/c1-17(2,3)22-16(21)14-11-18(6-8-20-9-7-18)15-10-12(19)4-5-13(14)15/h4-5,10-11,20H,6-9H2,1-3H3. The highest BCUT2D eigenvalue weighted by atomic mass is 35.5. The van der Waals surface area contributed by atoms with Crippen LogP contribution in [0.25, 0.3) is 5.57 Å². The number of benzene rings is 1. The first-order valence-electron chi connectivity index (χ1n) is 7.78. The van der Waals surface area contributed by atoms with Crippen LogP contribution in [-0.2, 0) is 14.9 Å². The largest absolute Gasteiger partial charge is 0.456 e. The Morgan fingerprint density at radius 2 is 1.95 bits per heavy atom. The number of hydrogen-bond donors (Lipinski definition) is 1. The minimum absolute atomic E-state index is 0.0856. The van der Waals surface area contributed by atoms with E-state index in [2.05, 4.69) is 11.4 Å². The zero-order valence-electron chi connectivity index (χ0n) is 13.3. The second-order valence-electron chi connectivity index (χ2n) is 7.16. The first-order chi connectivity index (χ1) is 10.3. The van der Waals surface area contributed by atoms with Gasteiger partial charge in [-0.1, -0.05) is 23.7 Å². The first kappa shape index (κ1) is 15.6. The molecule has 0 bridgehead atoms. The van der Waals surface area contributed by atoms with Crippen molar-refractivity contribution in [3.63, 3.8) is 0 Å². The molecule has 1 aromatic rings. The summed E-state index contributed by atoms with van der Waals surface area (Å²) in [7, 11) is 0. The van der Waals surface area contributed by atoms with Crippen molar-refractivity contribution in [2.24, 2.45) is 0 Å². The topological polar surface area (TPSA) is 38.3 Å². The molecule has 1 N–H and O–H groups in total. The molecular weight excluding hydrogens is 298 g/mol. The van der Waals surface area contributed by atoms with E-state index in [4.69, 9.17) is 16.3 Å². The lowest BCUT2D eigenvalue weighted by atomic mass is 9.75. The van der Waals surface area contributed by atoms with Gasteiger partial charge in [0, 0.05) is 10.4 Å². The second-order valence-corrected chi connectivity index (χ2v) is 7.59. The van der Waals surface area contributed by atoms with Crippen LogP contribution in [0, 0.1) is 0 Å². The maximum absolute atomic E-state index is 12.6. The molecule has 22 heavy (non-hydrogen) atoms. The van der Waals surface area contributed by atoms with Crippen molar-refractivity contribution in [3.8, 4) is 0 Å². The maximum Gasteiger partial charge on any atom is 0.338 e. The van der Waals surface area contributed by atoms with Crippen molar-refractivity contribution >= 4 is 23.1 Å². The molecule has 1 saturated heterocycles. The number of rotatable bonds is 1.